The zero-order valence-corrected chi connectivity index (χ0v) is 25.7. The summed E-state index contributed by atoms with van der Waals surface area (Å²) in [5, 5.41) is 16.9. The first-order valence-corrected chi connectivity index (χ1v) is 14.2. The van der Waals surface area contributed by atoms with Crippen LogP contribution < -0.4 is 0 Å². The Balaban J connectivity index is -0.000000504. The molecule has 4 nitrogen and oxygen atoms in total. The largest absolute Gasteiger partial charge is 2.00 e. The van der Waals surface area contributed by atoms with Gasteiger partial charge >= 0.3 is 17.1 Å². The summed E-state index contributed by atoms with van der Waals surface area (Å²) in [5.74, 6) is 1.51. The summed E-state index contributed by atoms with van der Waals surface area (Å²) >= 11 is 7.40. The molecule has 0 saturated heterocycles. The molecule has 0 spiro atoms. The number of hydrogen-bond donors (Lipinski definition) is 0. The molecule has 2 aromatic heterocycles. The number of rotatable bonds is 14. The van der Waals surface area contributed by atoms with Crippen molar-refractivity contribution in [1.29, 1.82) is 10.5 Å². The monoisotopic (exact) mass is 589 g/mol. The number of aromatic nitrogens is 2. The summed E-state index contributed by atoms with van der Waals surface area (Å²) < 4.78 is 0. The third kappa shape index (κ3) is 24.3. The van der Waals surface area contributed by atoms with E-state index in [0.29, 0.717) is 0 Å². The average Bonchev–Trinajstić information content (AvgIpc) is 2.91. The Hall–Kier alpha value is -1.76. The molecule has 2 aromatic rings. The minimum atomic E-state index is 0. The van der Waals surface area contributed by atoms with Crippen LogP contribution in [0.5, 0.6) is 0 Å². The first kappa shape index (κ1) is 39.7. The molecule has 209 valence electrons. The molecular formula is C30H46CuN4S2. The molecule has 1 radical (unpaired) electrons. The molecular weight excluding hydrogens is 544 g/mol. The van der Waals surface area contributed by atoms with Gasteiger partial charge < -0.3 is 25.3 Å². The van der Waals surface area contributed by atoms with Crippen molar-refractivity contribution in [3.05, 3.63) is 60.2 Å². The van der Waals surface area contributed by atoms with Gasteiger partial charge in [0.05, 0.1) is 0 Å². The Morgan fingerprint density at radius 3 is 1.00 bits per heavy atom. The number of nitrogens with zero attached hydrogens (tertiary/aromatic N) is 4. The second-order valence-electron chi connectivity index (χ2n) is 8.71. The fourth-order valence-electron chi connectivity index (χ4n) is 4.03. The maximum atomic E-state index is 7.13. The maximum Gasteiger partial charge on any atom is 2.00 e. The van der Waals surface area contributed by atoms with E-state index in [0.717, 1.165) is 11.8 Å². The van der Waals surface area contributed by atoms with Gasteiger partial charge in [0, 0.05) is 24.8 Å². The molecule has 0 saturated carbocycles. The van der Waals surface area contributed by atoms with Gasteiger partial charge in [0.2, 0.25) is 0 Å². The predicted molar refractivity (Wildman–Crippen MR) is 158 cm³/mol. The Morgan fingerprint density at radius 1 is 0.595 bits per heavy atom. The SMILES string of the molecule is CCCCC(CCCC)c1ccncc1.CCCCC(CCCC)c1ccncc1.N#C[S-].N#C[S-].[Cu+2]. The van der Waals surface area contributed by atoms with Crippen molar-refractivity contribution in [1.82, 2.24) is 9.97 Å². The molecule has 0 unspecified atom stereocenters. The number of thiocyanates is 2. The Kier molecular flexibility index (Phi) is 34.7. The van der Waals surface area contributed by atoms with E-state index in [2.05, 4.69) is 87.2 Å². The molecule has 0 bridgehead atoms. The number of pyridine rings is 2. The van der Waals surface area contributed by atoms with Crippen molar-refractivity contribution in [3.63, 3.8) is 0 Å². The van der Waals surface area contributed by atoms with E-state index in [1.54, 1.807) is 0 Å². The van der Waals surface area contributed by atoms with Crippen LogP contribution >= 0.6 is 0 Å². The molecule has 0 fully saturated rings. The van der Waals surface area contributed by atoms with Gasteiger partial charge in [-0.3, -0.25) is 9.97 Å². The van der Waals surface area contributed by atoms with Gasteiger partial charge in [0.25, 0.3) is 0 Å². The van der Waals surface area contributed by atoms with E-state index in [-0.39, 0.29) is 17.1 Å². The molecule has 37 heavy (non-hydrogen) atoms. The van der Waals surface area contributed by atoms with Crippen LogP contribution in [0.15, 0.2) is 49.1 Å². The van der Waals surface area contributed by atoms with Gasteiger partial charge in [0.1, 0.15) is 0 Å². The Bertz CT molecular complexity index is 696. The summed E-state index contributed by atoms with van der Waals surface area (Å²) in [6.07, 6.45) is 23.6. The fraction of sp³-hybridized carbons (Fsp3) is 0.600. The molecule has 7 heteroatoms. The molecule has 0 atom stereocenters. The van der Waals surface area contributed by atoms with E-state index in [9.17, 15) is 0 Å². The summed E-state index contributed by atoms with van der Waals surface area (Å²) in [5.41, 5.74) is 2.96. The fourth-order valence-corrected chi connectivity index (χ4v) is 4.03. The van der Waals surface area contributed by atoms with Gasteiger partial charge in [-0.15, -0.1) is 0 Å². The zero-order valence-electron chi connectivity index (χ0n) is 23.2. The van der Waals surface area contributed by atoms with Crippen molar-refractivity contribution in [2.75, 3.05) is 0 Å². The van der Waals surface area contributed by atoms with Crippen LogP contribution in [0.2, 0.25) is 0 Å². The minimum absolute atomic E-state index is 0. The maximum absolute atomic E-state index is 7.13. The minimum Gasteiger partial charge on any atom is -0.696 e. The number of unbranched alkanes of at least 4 members (excludes halogenated alkanes) is 4. The second-order valence-corrected chi connectivity index (χ2v) is 9.07. The van der Waals surface area contributed by atoms with Crippen molar-refractivity contribution in [2.45, 2.75) is 117 Å². The third-order valence-corrected chi connectivity index (χ3v) is 5.98. The molecule has 0 aliphatic rings. The molecule has 2 heterocycles. The van der Waals surface area contributed by atoms with Crippen LogP contribution in [0.4, 0.5) is 0 Å². The van der Waals surface area contributed by atoms with E-state index in [1.807, 2.05) is 24.8 Å². The van der Waals surface area contributed by atoms with Crippen molar-refractivity contribution in [2.24, 2.45) is 0 Å². The predicted octanol–water partition coefficient (Wildman–Crippen LogP) is 9.12. The summed E-state index contributed by atoms with van der Waals surface area (Å²) in [6.45, 7) is 9.07. The zero-order chi connectivity index (χ0) is 27.3. The average molecular weight is 590 g/mol. The molecule has 0 aliphatic heterocycles. The van der Waals surface area contributed by atoms with Crippen molar-refractivity contribution >= 4 is 25.3 Å². The summed E-state index contributed by atoms with van der Waals surface area (Å²) in [4.78, 5) is 8.18. The molecule has 0 amide bonds. The molecule has 0 aliphatic carbocycles. The normalized spacial score (nSPS) is 9.19. The standard InChI is InChI=1S/2C14H23N.2CHNS.Cu/c2*1-3-5-7-13(8-6-4-2)14-9-11-15-12-10-14;2*2-1-3;/h2*9-13H,3-8H2,1-2H3;2*3H;/q;;;;+2/p-2. The second kappa shape index (κ2) is 32.3. The van der Waals surface area contributed by atoms with Crippen LogP contribution in [-0.4, -0.2) is 9.97 Å². The molecule has 0 N–H and O–H groups in total. The van der Waals surface area contributed by atoms with Crippen molar-refractivity contribution in [3.8, 4) is 10.8 Å². The van der Waals surface area contributed by atoms with Gasteiger partial charge in [-0.05, 0) is 72.9 Å². The molecule has 2 rings (SSSR count). The van der Waals surface area contributed by atoms with Gasteiger partial charge in [-0.2, -0.15) is 0 Å². The summed E-state index contributed by atoms with van der Waals surface area (Å²) in [7, 11) is 0. The Morgan fingerprint density at radius 2 is 0.811 bits per heavy atom. The van der Waals surface area contributed by atoms with E-state index < -0.39 is 0 Å². The first-order valence-electron chi connectivity index (χ1n) is 13.4. The van der Waals surface area contributed by atoms with Gasteiger partial charge in [0.15, 0.2) is 0 Å². The van der Waals surface area contributed by atoms with Crippen LogP contribution in [0.1, 0.15) is 128 Å². The van der Waals surface area contributed by atoms with E-state index in [4.69, 9.17) is 10.5 Å². The first-order chi connectivity index (χ1) is 17.6. The summed E-state index contributed by atoms with van der Waals surface area (Å²) in [6, 6.07) is 8.71. The van der Waals surface area contributed by atoms with Crippen LogP contribution in [-0.2, 0) is 42.3 Å². The van der Waals surface area contributed by atoms with Crippen LogP contribution in [0.25, 0.3) is 0 Å². The Labute approximate surface area is 249 Å². The van der Waals surface area contributed by atoms with E-state index >= 15 is 0 Å². The van der Waals surface area contributed by atoms with E-state index in [1.165, 1.54) is 99.0 Å². The van der Waals surface area contributed by atoms with Gasteiger partial charge in [-0.25, -0.2) is 10.5 Å². The van der Waals surface area contributed by atoms with Crippen LogP contribution in [0, 0.1) is 21.3 Å². The molecule has 0 aromatic carbocycles. The third-order valence-electron chi connectivity index (χ3n) is 5.98. The topological polar surface area (TPSA) is 73.4 Å². The van der Waals surface area contributed by atoms with Crippen molar-refractivity contribution < 1.29 is 17.1 Å². The van der Waals surface area contributed by atoms with Crippen LogP contribution in [0.3, 0.4) is 0 Å². The number of nitriles is 2. The smallest absolute Gasteiger partial charge is 0.696 e. The van der Waals surface area contributed by atoms with Gasteiger partial charge in [-0.1, -0.05) is 89.9 Å². The quantitative estimate of drug-likeness (QED) is 0.124. The number of hydrogen-bond acceptors (Lipinski definition) is 6.